The highest BCUT2D eigenvalue weighted by Crippen LogP contribution is 1.96. The molecule has 0 rings (SSSR count). The van der Waals surface area contributed by atoms with E-state index < -0.39 is 11.9 Å². The van der Waals surface area contributed by atoms with Crippen LogP contribution in [0.1, 0.15) is 13.8 Å². The SMILES string of the molecule is CC(C)[C@@H](N)C(=O)NC#N. The van der Waals surface area contributed by atoms with Crippen LogP contribution in [0, 0.1) is 17.4 Å². The molecule has 4 heteroatoms. The minimum absolute atomic E-state index is 0.0633. The predicted octanol–water partition coefficient (Wildman–Crippen LogP) is -0.433. The van der Waals surface area contributed by atoms with E-state index in [9.17, 15) is 4.79 Å². The maximum Gasteiger partial charge on any atom is 0.250 e. The van der Waals surface area contributed by atoms with Gasteiger partial charge in [-0.1, -0.05) is 13.8 Å². The van der Waals surface area contributed by atoms with Crippen molar-refractivity contribution in [2.45, 2.75) is 19.9 Å². The Hall–Kier alpha value is -1.08. The molecule has 0 aromatic carbocycles. The molecule has 0 saturated carbocycles. The molecule has 1 atom stereocenters. The number of carbonyl (C=O) groups is 1. The molecule has 0 radical (unpaired) electrons. The molecule has 56 valence electrons. The third-order valence-electron chi connectivity index (χ3n) is 1.20. The van der Waals surface area contributed by atoms with Crippen molar-refractivity contribution in [3.63, 3.8) is 0 Å². The van der Waals surface area contributed by atoms with E-state index in [-0.39, 0.29) is 5.92 Å². The van der Waals surface area contributed by atoms with Crippen LogP contribution in [0.15, 0.2) is 0 Å². The molecular weight excluding hydrogens is 130 g/mol. The Morgan fingerprint density at radius 2 is 2.20 bits per heavy atom. The largest absolute Gasteiger partial charge is 0.320 e. The lowest BCUT2D eigenvalue weighted by Gasteiger charge is -2.11. The molecule has 4 nitrogen and oxygen atoms in total. The van der Waals surface area contributed by atoms with Gasteiger partial charge in [-0.15, -0.1) is 0 Å². The second-order valence-electron chi connectivity index (χ2n) is 2.37. The number of amides is 1. The Morgan fingerprint density at radius 1 is 1.70 bits per heavy atom. The van der Waals surface area contributed by atoms with Crippen molar-refractivity contribution >= 4 is 5.91 Å². The Balaban J connectivity index is 3.85. The van der Waals surface area contributed by atoms with Crippen LogP contribution >= 0.6 is 0 Å². The molecule has 0 aromatic rings. The monoisotopic (exact) mass is 141 g/mol. The molecule has 0 aliphatic rings. The minimum Gasteiger partial charge on any atom is -0.320 e. The molecule has 0 heterocycles. The molecule has 0 bridgehead atoms. The summed E-state index contributed by atoms with van der Waals surface area (Å²) < 4.78 is 0. The number of nitrogens with two attached hydrogens (primary N) is 1. The standard InChI is InChI=1S/C6H11N3O/c1-4(2)5(8)6(10)9-3-7/h4-5H,8H2,1-2H3,(H,9,10)/t5-/m1/s1. The number of carbonyl (C=O) groups excluding carboxylic acids is 1. The van der Waals surface area contributed by atoms with Crippen LogP contribution in [0.4, 0.5) is 0 Å². The van der Waals surface area contributed by atoms with Crippen LogP contribution < -0.4 is 11.1 Å². The van der Waals surface area contributed by atoms with Gasteiger partial charge < -0.3 is 5.73 Å². The van der Waals surface area contributed by atoms with E-state index >= 15 is 0 Å². The third-order valence-corrected chi connectivity index (χ3v) is 1.20. The van der Waals surface area contributed by atoms with E-state index in [1.54, 1.807) is 0 Å². The highest BCUT2D eigenvalue weighted by atomic mass is 16.2. The fourth-order valence-corrected chi connectivity index (χ4v) is 0.441. The number of nitriles is 1. The maximum atomic E-state index is 10.7. The summed E-state index contributed by atoms with van der Waals surface area (Å²) in [6, 6.07) is -0.584. The van der Waals surface area contributed by atoms with Crippen molar-refractivity contribution in [3.05, 3.63) is 0 Å². The fraction of sp³-hybridized carbons (Fsp3) is 0.667. The molecule has 0 aliphatic carbocycles. The van der Waals surface area contributed by atoms with Crippen molar-refractivity contribution in [1.82, 2.24) is 5.32 Å². The van der Waals surface area contributed by atoms with Gasteiger partial charge in [0.15, 0.2) is 6.19 Å². The smallest absolute Gasteiger partial charge is 0.250 e. The Bertz CT molecular complexity index is 159. The fourth-order valence-electron chi connectivity index (χ4n) is 0.441. The Kier molecular flexibility index (Phi) is 3.44. The lowest BCUT2D eigenvalue weighted by molar-refractivity contribution is -0.122. The predicted molar refractivity (Wildman–Crippen MR) is 36.6 cm³/mol. The van der Waals surface area contributed by atoms with Crippen LogP contribution in [-0.4, -0.2) is 11.9 Å². The molecule has 0 unspecified atom stereocenters. The lowest BCUT2D eigenvalue weighted by Crippen LogP contribution is -2.42. The first-order valence-corrected chi connectivity index (χ1v) is 3.04. The zero-order valence-electron chi connectivity index (χ0n) is 6.09. The Morgan fingerprint density at radius 3 is 2.50 bits per heavy atom. The number of hydrogen-bond donors (Lipinski definition) is 2. The van der Waals surface area contributed by atoms with Crippen molar-refractivity contribution in [1.29, 1.82) is 5.26 Å². The van der Waals surface area contributed by atoms with Gasteiger partial charge in [-0.05, 0) is 5.92 Å². The van der Waals surface area contributed by atoms with Gasteiger partial charge in [-0.2, -0.15) is 5.26 Å². The summed E-state index contributed by atoms with van der Waals surface area (Å²) in [7, 11) is 0. The van der Waals surface area contributed by atoms with Crippen molar-refractivity contribution in [3.8, 4) is 6.19 Å². The first kappa shape index (κ1) is 8.92. The average molecular weight is 141 g/mol. The molecule has 1 amide bonds. The van der Waals surface area contributed by atoms with E-state index in [1.807, 2.05) is 19.2 Å². The van der Waals surface area contributed by atoms with Crippen LogP contribution in [-0.2, 0) is 4.79 Å². The van der Waals surface area contributed by atoms with Gasteiger partial charge in [-0.3, -0.25) is 10.1 Å². The molecule has 10 heavy (non-hydrogen) atoms. The van der Waals surface area contributed by atoms with Crippen LogP contribution in [0.5, 0.6) is 0 Å². The molecular formula is C6H11N3O. The number of nitrogens with one attached hydrogen (secondary N) is 1. The minimum atomic E-state index is -0.584. The topological polar surface area (TPSA) is 78.9 Å². The summed E-state index contributed by atoms with van der Waals surface area (Å²) in [6.07, 6.45) is 1.52. The highest BCUT2D eigenvalue weighted by Gasteiger charge is 2.15. The van der Waals surface area contributed by atoms with E-state index in [0.29, 0.717) is 0 Å². The summed E-state index contributed by atoms with van der Waals surface area (Å²) in [4.78, 5) is 10.7. The quantitative estimate of drug-likeness (QED) is 0.404. The molecule has 0 aliphatic heterocycles. The Labute approximate surface area is 60.0 Å². The van der Waals surface area contributed by atoms with Crippen LogP contribution in [0.25, 0.3) is 0 Å². The zero-order valence-corrected chi connectivity index (χ0v) is 6.09. The number of rotatable bonds is 2. The van der Waals surface area contributed by atoms with Crippen LogP contribution in [0.2, 0.25) is 0 Å². The first-order valence-electron chi connectivity index (χ1n) is 3.04. The van der Waals surface area contributed by atoms with Gasteiger partial charge >= 0.3 is 0 Å². The van der Waals surface area contributed by atoms with Gasteiger partial charge in [0.05, 0.1) is 6.04 Å². The number of nitrogens with zero attached hydrogens (tertiary/aromatic N) is 1. The molecule has 0 fully saturated rings. The third kappa shape index (κ3) is 2.46. The van der Waals surface area contributed by atoms with E-state index in [2.05, 4.69) is 0 Å². The average Bonchev–Trinajstić information content (AvgIpc) is 1.87. The maximum absolute atomic E-state index is 10.7. The van der Waals surface area contributed by atoms with Gasteiger partial charge in [-0.25, -0.2) is 0 Å². The summed E-state index contributed by atoms with van der Waals surface area (Å²) in [6.45, 7) is 3.64. The van der Waals surface area contributed by atoms with Gasteiger partial charge in [0.1, 0.15) is 0 Å². The summed E-state index contributed by atoms with van der Waals surface area (Å²) in [5.74, 6) is -0.356. The van der Waals surface area contributed by atoms with Gasteiger partial charge in [0.2, 0.25) is 5.91 Å². The normalized spacial score (nSPS) is 12.3. The van der Waals surface area contributed by atoms with Crippen LogP contribution in [0.3, 0.4) is 0 Å². The van der Waals surface area contributed by atoms with E-state index in [4.69, 9.17) is 11.0 Å². The van der Waals surface area contributed by atoms with Crippen molar-refractivity contribution in [2.24, 2.45) is 11.7 Å². The second kappa shape index (κ2) is 3.85. The van der Waals surface area contributed by atoms with Crippen molar-refractivity contribution < 1.29 is 4.79 Å². The molecule has 0 aromatic heterocycles. The molecule has 3 N–H and O–H groups in total. The molecule has 0 spiro atoms. The first-order chi connectivity index (χ1) is 4.59. The van der Waals surface area contributed by atoms with Crippen molar-refractivity contribution in [2.75, 3.05) is 0 Å². The second-order valence-corrected chi connectivity index (χ2v) is 2.37. The van der Waals surface area contributed by atoms with E-state index in [1.165, 1.54) is 6.19 Å². The zero-order chi connectivity index (χ0) is 8.15. The summed E-state index contributed by atoms with van der Waals surface area (Å²) in [5.41, 5.74) is 5.38. The summed E-state index contributed by atoms with van der Waals surface area (Å²) >= 11 is 0. The lowest BCUT2D eigenvalue weighted by atomic mass is 10.1. The van der Waals surface area contributed by atoms with Gasteiger partial charge in [0, 0.05) is 0 Å². The van der Waals surface area contributed by atoms with E-state index in [0.717, 1.165) is 0 Å². The van der Waals surface area contributed by atoms with Gasteiger partial charge in [0.25, 0.3) is 0 Å². The highest BCUT2D eigenvalue weighted by molar-refractivity contribution is 5.82. The summed E-state index contributed by atoms with van der Waals surface area (Å²) in [5, 5.41) is 10.00. The molecule has 0 saturated heterocycles. The number of hydrogen-bond acceptors (Lipinski definition) is 3.